The molecular weight excluding hydrogens is 242 g/mol. The first-order chi connectivity index (χ1) is 8.08. The number of nitrogens with two attached hydrogens (primary N) is 1. The van der Waals surface area contributed by atoms with Crippen molar-refractivity contribution in [2.45, 2.75) is 44.6 Å². The normalized spacial score (nSPS) is 19.1. The molecule has 1 aliphatic rings. The molecule has 0 amide bonds. The molecule has 0 radical (unpaired) electrons. The van der Waals surface area contributed by atoms with Gasteiger partial charge in [-0.1, -0.05) is 25.7 Å². The number of sulfonamides is 1. The van der Waals surface area contributed by atoms with Crippen molar-refractivity contribution in [1.82, 2.24) is 0 Å². The minimum absolute atomic E-state index is 0.129. The molecule has 0 spiro atoms. The van der Waals surface area contributed by atoms with Crippen LogP contribution in [0.4, 0.5) is 0 Å². The summed E-state index contributed by atoms with van der Waals surface area (Å²) in [5, 5.41) is 4.85. The average Bonchev–Trinajstić information content (AvgIpc) is 2.50. The van der Waals surface area contributed by atoms with Crippen LogP contribution in [0, 0.1) is 0 Å². The third-order valence-corrected chi connectivity index (χ3v) is 3.63. The zero-order valence-corrected chi connectivity index (χ0v) is 11.1. The molecule has 0 aromatic rings. The fraction of sp³-hybridized carbons (Fsp3) is 1.00. The highest BCUT2D eigenvalue weighted by molar-refractivity contribution is 7.89. The van der Waals surface area contributed by atoms with Crippen molar-refractivity contribution in [1.29, 1.82) is 0 Å². The molecule has 17 heavy (non-hydrogen) atoms. The molecule has 1 saturated carbocycles. The second kappa shape index (κ2) is 8.02. The van der Waals surface area contributed by atoms with Crippen LogP contribution >= 0.6 is 0 Å². The molecule has 0 unspecified atom stereocenters. The highest BCUT2D eigenvalue weighted by Crippen LogP contribution is 2.19. The molecule has 2 N–H and O–H groups in total. The number of ether oxygens (including phenoxy) is 2. The third-order valence-electron chi connectivity index (χ3n) is 2.90. The lowest BCUT2D eigenvalue weighted by Gasteiger charge is -2.15. The summed E-state index contributed by atoms with van der Waals surface area (Å²) in [5.74, 6) is -0.129. The van der Waals surface area contributed by atoms with Crippen LogP contribution in [0.15, 0.2) is 0 Å². The van der Waals surface area contributed by atoms with Crippen molar-refractivity contribution in [3.63, 3.8) is 0 Å². The van der Waals surface area contributed by atoms with E-state index in [4.69, 9.17) is 14.6 Å². The third kappa shape index (κ3) is 8.54. The summed E-state index contributed by atoms with van der Waals surface area (Å²) < 4.78 is 32.1. The molecule has 0 atom stereocenters. The Labute approximate surface area is 104 Å². The molecule has 6 heteroatoms. The fourth-order valence-electron chi connectivity index (χ4n) is 1.96. The fourth-order valence-corrected chi connectivity index (χ4v) is 2.31. The van der Waals surface area contributed by atoms with Crippen molar-refractivity contribution in [2.24, 2.45) is 5.14 Å². The number of rotatable bonds is 7. The van der Waals surface area contributed by atoms with E-state index >= 15 is 0 Å². The van der Waals surface area contributed by atoms with E-state index in [1.54, 1.807) is 0 Å². The molecule has 0 aromatic carbocycles. The van der Waals surface area contributed by atoms with Crippen LogP contribution in [0.2, 0.25) is 0 Å². The summed E-state index contributed by atoms with van der Waals surface area (Å²) in [6, 6.07) is 0. The zero-order valence-electron chi connectivity index (χ0n) is 10.3. The first-order valence-corrected chi connectivity index (χ1v) is 7.99. The molecule has 0 aromatic heterocycles. The Balaban J connectivity index is 1.96. The van der Waals surface area contributed by atoms with Crippen molar-refractivity contribution in [3.05, 3.63) is 0 Å². The first-order valence-electron chi connectivity index (χ1n) is 6.28. The van der Waals surface area contributed by atoms with Crippen LogP contribution in [-0.2, 0) is 19.5 Å². The van der Waals surface area contributed by atoms with E-state index in [1.807, 2.05) is 0 Å². The minimum Gasteiger partial charge on any atom is -0.378 e. The van der Waals surface area contributed by atoms with Crippen molar-refractivity contribution >= 4 is 10.0 Å². The Hall–Kier alpha value is -0.170. The van der Waals surface area contributed by atoms with Crippen molar-refractivity contribution in [3.8, 4) is 0 Å². The van der Waals surface area contributed by atoms with Crippen LogP contribution in [0.25, 0.3) is 0 Å². The molecule has 1 rings (SSSR count). The summed E-state index contributed by atoms with van der Waals surface area (Å²) in [5.41, 5.74) is 0. The Bertz CT molecular complexity index is 284. The lowest BCUT2D eigenvalue weighted by Crippen LogP contribution is -2.21. The molecule has 5 nitrogen and oxygen atoms in total. The van der Waals surface area contributed by atoms with Crippen LogP contribution < -0.4 is 5.14 Å². The van der Waals surface area contributed by atoms with Gasteiger partial charge in [0.05, 0.1) is 31.7 Å². The van der Waals surface area contributed by atoms with Crippen LogP contribution in [0.5, 0.6) is 0 Å². The van der Waals surface area contributed by atoms with Gasteiger partial charge in [0.15, 0.2) is 0 Å². The van der Waals surface area contributed by atoms with Gasteiger partial charge < -0.3 is 9.47 Å². The molecular formula is C11H23NO4S. The number of hydrogen-bond donors (Lipinski definition) is 1. The van der Waals surface area contributed by atoms with E-state index in [0.29, 0.717) is 19.3 Å². The highest BCUT2D eigenvalue weighted by atomic mass is 32.2. The standard InChI is InChI=1S/C11H23NO4S/c12-17(13,14)10-9-15-7-8-16-11-5-3-1-2-4-6-11/h11H,1-10H2,(H2,12,13,14). The van der Waals surface area contributed by atoms with Gasteiger partial charge in [-0.3, -0.25) is 0 Å². The molecule has 0 heterocycles. The van der Waals surface area contributed by atoms with Gasteiger partial charge in [0.25, 0.3) is 0 Å². The van der Waals surface area contributed by atoms with Gasteiger partial charge in [0.2, 0.25) is 10.0 Å². The van der Waals surface area contributed by atoms with Gasteiger partial charge in [0.1, 0.15) is 0 Å². The Morgan fingerprint density at radius 3 is 2.24 bits per heavy atom. The highest BCUT2D eigenvalue weighted by Gasteiger charge is 2.12. The maximum Gasteiger partial charge on any atom is 0.211 e. The first kappa shape index (κ1) is 14.9. The molecule has 0 saturated heterocycles. The van der Waals surface area contributed by atoms with Crippen molar-refractivity contribution < 1.29 is 17.9 Å². The summed E-state index contributed by atoms with van der Waals surface area (Å²) in [7, 11) is -3.40. The van der Waals surface area contributed by atoms with E-state index in [1.165, 1.54) is 25.7 Å². The lowest BCUT2D eigenvalue weighted by molar-refractivity contribution is 0.00177. The monoisotopic (exact) mass is 265 g/mol. The minimum atomic E-state index is -3.40. The van der Waals surface area contributed by atoms with E-state index in [2.05, 4.69) is 0 Å². The van der Waals surface area contributed by atoms with Gasteiger partial charge in [-0.15, -0.1) is 0 Å². The maximum absolute atomic E-state index is 10.6. The molecule has 1 fully saturated rings. The van der Waals surface area contributed by atoms with Crippen molar-refractivity contribution in [2.75, 3.05) is 25.6 Å². The largest absolute Gasteiger partial charge is 0.378 e. The molecule has 0 aliphatic heterocycles. The van der Waals surface area contributed by atoms with Gasteiger partial charge in [-0.2, -0.15) is 0 Å². The average molecular weight is 265 g/mol. The topological polar surface area (TPSA) is 78.6 Å². The zero-order chi connectivity index (χ0) is 12.6. The van der Waals surface area contributed by atoms with Crippen LogP contribution in [-0.4, -0.2) is 40.1 Å². The number of primary sulfonamides is 1. The van der Waals surface area contributed by atoms with Crippen LogP contribution in [0.1, 0.15) is 38.5 Å². The SMILES string of the molecule is NS(=O)(=O)CCOCCOC1CCCCCC1. The van der Waals surface area contributed by atoms with E-state index < -0.39 is 10.0 Å². The van der Waals surface area contributed by atoms with Gasteiger partial charge in [0, 0.05) is 0 Å². The Kier molecular flexibility index (Phi) is 7.03. The lowest BCUT2D eigenvalue weighted by atomic mass is 10.1. The van der Waals surface area contributed by atoms with Crippen LogP contribution in [0.3, 0.4) is 0 Å². The summed E-state index contributed by atoms with van der Waals surface area (Å²) in [6.07, 6.45) is 7.75. The maximum atomic E-state index is 10.6. The van der Waals surface area contributed by atoms with Gasteiger partial charge >= 0.3 is 0 Å². The van der Waals surface area contributed by atoms with E-state index in [9.17, 15) is 8.42 Å². The Morgan fingerprint density at radius 2 is 1.65 bits per heavy atom. The van der Waals surface area contributed by atoms with Gasteiger partial charge in [-0.25, -0.2) is 13.6 Å². The Morgan fingerprint density at radius 1 is 1.00 bits per heavy atom. The molecule has 0 bridgehead atoms. The predicted molar refractivity (Wildman–Crippen MR) is 66.2 cm³/mol. The smallest absolute Gasteiger partial charge is 0.211 e. The summed E-state index contributed by atoms with van der Waals surface area (Å²) in [6.45, 7) is 1.12. The molecule has 1 aliphatic carbocycles. The molecule has 102 valence electrons. The number of hydrogen-bond acceptors (Lipinski definition) is 4. The predicted octanol–water partition coefficient (Wildman–Crippen LogP) is 1.03. The quantitative estimate of drug-likeness (QED) is 0.551. The second-order valence-corrected chi connectivity index (χ2v) is 6.20. The summed E-state index contributed by atoms with van der Waals surface area (Å²) >= 11 is 0. The second-order valence-electron chi connectivity index (χ2n) is 4.46. The van der Waals surface area contributed by atoms with E-state index in [0.717, 1.165) is 12.8 Å². The van der Waals surface area contributed by atoms with E-state index in [-0.39, 0.29) is 12.4 Å². The summed E-state index contributed by atoms with van der Waals surface area (Å²) in [4.78, 5) is 0. The van der Waals surface area contributed by atoms with Gasteiger partial charge in [-0.05, 0) is 12.8 Å².